The van der Waals surface area contributed by atoms with E-state index in [4.69, 9.17) is 0 Å². The Labute approximate surface area is 187 Å². The van der Waals surface area contributed by atoms with Crippen LogP contribution in [0.1, 0.15) is 49.2 Å². The number of nitrogens with zero attached hydrogens (tertiary/aromatic N) is 5. The second-order valence-electron chi connectivity index (χ2n) is 8.22. The largest absolute Gasteiger partial charge is 0.369 e. The van der Waals surface area contributed by atoms with Crippen LogP contribution in [0.2, 0.25) is 0 Å². The summed E-state index contributed by atoms with van der Waals surface area (Å²) in [7, 11) is 0. The Morgan fingerprint density at radius 3 is 1.57 bits per heavy atom. The summed E-state index contributed by atoms with van der Waals surface area (Å²) in [5, 5.41) is 0. The van der Waals surface area contributed by atoms with Gasteiger partial charge in [0.15, 0.2) is 0 Å². The lowest BCUT2D eigenvalue weighted by atomic mass is 9.86. The first kappa shape index (κ1) is 21.1. The highest BCUT2D eigenvalue weighted by Crippen LogP contribution is 2.38. The minimum atomic E-state index is 0.0248. The number of hydrogen-bond donors (Lipinski definition) is 0. The number of pyridine rings is 3. The molecule has 4 rings (SSSR count). The van der Waals surface area contributed by atoms with E-state index in [0.29, 0.717) is 0 Å². The molecule has 1 aliphatic carbocycles. The molecule has 0 amide bonds. The fraction of sp³-hybridized carbons (Fsp3) is 0.375. The molecule has 0 N–H and O–H groups in total. The Hall–Kier alpha value is -2.10. The van der Waals surface area contributed by atoms with Gasteiger partial charge in [-0.25, -0.2) is 0 Å². The number of aromatic nitrogens is 3. The molecule has 0 spiro atoms. The quantitative estimate of drug-likeness (QED) is 0.416. The second-order valence-corrected chi connectivity index (χ2v) is 9.30. The molecule has 30 heavy (non-hydrogen) atoms. The van der Waals surface area contributed by atoms with Crippen LogP contribution in [0.5, 0.6) is 0 Å². The van der Waals surface area contributed by atoms with E-state index in [9.17, 15) is 0 Å². The first-order valence-electron chi connectivity index (χ1n) is 10.9. The van der Waals surface area contributed by atoms with Crippen molar-refractivity contribution >= 4 is 16.5 Å². The minimum absolute atomic E-state index is 0.0248. The zero-order valence-electron chi connectivity index (χ0n) is 17.8. The van der Waals surface area contributed by atoms with Gasteiger partial charge in [0.25, 0.3) is 0 Å². The highest BCUT2D eigenvalue weighted by Gasteiger charge is 2.41. The lowest BCUT2D eigenvalue weighted by Gasteiger charge is -2.53. The molecular formula is C24H30AlN5. The normalized spacial score (nSPS) is 16.1. The summed E-state index contributed by atoms with van der Waals surface area (Å²) in [6, 6.07) is 18.6. The molecule has 0 atom stereocenters. The van der Waals surface area contributed by atoms with E-state index in [1.165, 1.54) is 32.1 Å². The Kier molecular flexibility index (Phi) is 7.25. The molecule has 0 unspecified atom stereocenters. The third-order valence-electron chi connectivity index (χ3n) is 6.24. The van der Waals surface area contributed by atoms with E-state index in [0.717, 1.165) is 53.2 Å². The van der Waals surface area contributed by atoms with Crippen LogP contribution in [0.4, 0.5) is 0 Å². The zero-order chi connectivity index (χ0) is 20.7. The van der Waals surface area contributed by atoms with Crippen molar-refractivity contribution in [1.29, 1.82) is 0 Å². The fourth-order valence-corrected chi connectivity index (χ4v) is 5.72. The van der Waals surface area contributed by atoms with Gasteiger partial charge < -0.3 is 3.88 Å². The van der Waals surface area contributed by atoms with Gasteiger partial charge in [0, 0.05) is 38.2 Å². The molecule has 0 bridgehead atoms. The highest BCUT2D eigenvalue weighted by molar-refractivity contribution is 6.04. The van der Waals surface area contributed by atoms with Crippen molar-refractivity contribution in [2.24, 2.45) is 0 Å². The van der Waals surface area contributed by atoms with E-state index in [2.05, 4.69) is 60.1 Å². The first-order valence-corrected chi connectivity index (χ1v) is 11.8. The maximum atomic E-state index is 4.65. The number of rotatable bonds is 8. The van der Waals surface area contributed by atoms with Gasteiger partial charge in [0.05, 0.1) is 22.7 Å². The summed E-state index contributed by atoms with van der Waals surface area (Å²) in [6.45, 7) is 2.56. The molecule has 5 nitrogen and oxygen atoms in total. The Morgan fingerprint density at radius 1 is 0.667 bits per heavy atom. The smallest absolute Gasteiger partial charge is 0.324 e. The predicted molar refractivity (Wildman–Crippen MR) is 122 cm³/mol. The average Bonchev–Trinajstić information content (AvgIpc) is 2.81. The maximum Gasteiger partial charge on any atom is 0.324 e. The van der Waals surface area contributed by atoms with Crippen molar-refractivity contribution in [3.05, 3.63) is 90.3 Å². The molecule has 0 aromatic carbocycles. The molecule has 0 saturated heterocycles. The van der Waals surface area contributed by atoms with E-state index in [1.54, 1.807) is 0 Å². The average molecular weight is 416 g/mol. The van der Waals surface area contributed by atoms with Gasteiger partial charge in [-0.1, -0.05) is 37.5 Å². The SMILES string of the molecule is [AlH2][N](Cc1ccccn1)C1(N(Cc2ccccn2)Cc2ccccn2)CCCCC1. The third-order valence-corrected chi connectivity index (χ3v) is 7.39. The van der Waals surface area contributed by atoms with Gasteiger partial charge in [-0.05, 0) is 49.2 Å². The molecule has 3 aromatic heterocycles. The third kappa shape index (κ3) is 5.14. The molecule has 3 aromatic rings. The Balaban J connectivity index is 1.66. The van der Waals surface area contributed by atoms with Gasteiger partial charge in [-0.15, -0.1) is 0 Å². The standard InChI is InChI=1S/C24H28N5.Al.2H/c1-5-13-24(14-6-1,28-18-21-10-2-7-15-25-21)29(19-22-11-3-8-16-26-22)20-23-12-4-9-17-27-23;;;/h2-4,7-12,15-17H,1,5-6,13-14,18-20H2;;;/q-1;+1;;. The van der Waals surface area contributed by atoms with E-state index in [-0.39, 0.29) is 5.66 Å². The molecule has 1 saturated carbocycles. The summed E-state index contributed by atoms with van der Waals surface area (Å²) in [4.78, 5) is 16.5. The van der Waals surface area contributed by atoms with Crippen molar-refractivity contribution in [2.75, 3.05) is 0 Å². The summed E-state index contributed by atoms with van der Waals surface area (Å²) < 4.78 is 2.65. The molecule has 1 fully saturated rings. The van der Waals surface area contributed by atoms with Crippen LogP contribution >= 0.6 is 0 Å². The van der Waals surface area contributed by atoms with Crippen molar-refractivity contribution in [2.45, 2.75) is 57.4 Å². The summed E-state index contributed by atoms with van der Waals surface area (Å²) >= 11 is 0.981. The summed E-state index contributed by atoms with van der Waals surface area (Å²) in [5.41, 5.74) is 3.41. The van der Waals surface area contributed by atoms with Crippen molar-refractivity contribution in [1.82, 2.24) is 23.7 Å². The summed E-state index contributed by atoms with van der Waals surface area (Å²) in [5.74, 6) is 0. The van der Waals surface area contributed by atoms with Gasteiger partial charge >= 0.3 is 16.5 Å². The predicted octanol–water partition coefficient (Wildman–Crippen LogP) is 3.58. The molecule has 0 aliphatic heterocycles. The van der Waals surface area contributed by atoms with E-state index < -0.39 is 0 Å². The summed E-state index contributed by atoms with van der Waals surface area (Å²) in [6.07, 6.45) is 11.9. The maximum absolute atomic E-state index is 4.65. The Morgan fingerprint density at radius 2 is 1.13 bits per heavy atom. The molecular weight excluding hydrogens is 385 g/mol. The first-order chi connectivity index (χ1) is 14.8. The van der Waals surface area contributed by atoms with Gasteiger partial charge in [-0.3, -0.25) is 19.9 Å². The van der Waals surface area contributed by atoms with Crippen LogP contribution in [-0.2, 0) is 19.6 Å². The molecule has 6 heteroatoms. The van der Waals surface area contributed by atoms with Crippen molar-refractivity contribution in [3.63, 3.8) is 0 Å². The van der Waals surface area contributed by atoms with Crippen LogP contribution in [0.15, 0.2) is 73.2 Å². The van der Waals surface area contributed by atoms with E-state index >= 15 is 0 Å². The fourth-order valence-electron chi connectivity index (χ4n) is 4.66. The monoisotopic (exact) mass is 415 g/mol. The molecule has 154 valence electrons. The van der Waals surface area contributed by atoms with Gasteiger partial charge in [-0.2, -0.15) is 0 Å². The van der Waals surface area contributed by atoms with Crippen molar-refractivity contribution in [3.8, 4) is 0 Å². The molecule has 3 heterocycles. The zero-order valence-corrected chi connectivity index (χ0v) is 19.8. The molecule has 1 aliphatic rings. The van der Waals surface area contributed by atoms with Crippen LogP contribution in [0.25, 0.3) is 0 Å². The van der Waals surface area contributed by atoms with Crippen LogP contribution in [0, 0.1) is 0 Å². The van der Waals surface area contributed by atoms with Crippen LogP contribution in [-0.4, -0.2) is 45.9 Å². The van der Waals surface area contributed by atoms with Crippen LogP contribution in [0.3, 0.4) is 0 Å². The van der Waals surface area contributed by atoms with Gasteiger partial charge in [0.2, 0.25) is 0 Å². The number of hydrogen-bond acceptors (Lipinski definition) is 5. The lowest BCUT2D eigenvalue weighted by Crippen LogP contribution is -2.60. The lowest BCUT2D eigenvalue weighted by molar-refractivity contribution is -0.0571. The Bertz CT molecular complexity index is 844. The van der Waals surface area contributed by atoms with Gasteiger partial charge in [0.1, 0.15) is 0 Å². The molecule has 0 radical (unpaired) electrons. The highest BCUT2D eigenvalue weighted by atomic mass is 27.1. The second kappa shape index (κ2) is 10.3. The topological polar surface area (TPSA) is 45.2 Å². The van der Waals surface area contributed by atoms with Crippen molar-refractivity contribution < 1.29 is 0 Å². The van der Waals surface area contributed by atoms with E-state index in [1.807, 2.05) is 36.8 Å². The van der Waals surface area contributed by atoms with Crippen LogP contribution < -0.4 is 0 Å². The minimum Gasteiger partial charge on any atom is -0.369 e.